The second-order valence-electron chi connectivity index (χ2n) is 5.66. The number of pyridine rings is 1. The Morgan fingerprint density at radius 3 is 2.52 bits per heavy atom. The van der Waals surface area contributed by atoms with Crippen LogP contribution < -0.4 is 5.32 Å². The molecule has 0 aliphatic heterocycles. The molecular formula is C16H15F3N4O2. The zero-order valence-electron chi connectivity index (χ0n) is 13.7. The van der Waals surface area contributed by atoms with Crippen LogP contribution in [0.3, 0.4) is 0 Å². The Bertz CT molecular complexity index is 956. The molecule has 0 fully saturated rings. The highest BCUT2D eigenvalue weighted by Gasteiger charge is 2.31. The lowest BCUT2D eigenvalue weighted by Gasteiger charge is -2.08. The maximum Gasteiger partial charge on any atom is 0.417 e. The Hall–Kier alpha value is -2.84. The van der Waals surface area contributed by atoms with Crippen molar-refractivity contribution in [2.75, 3.05) is 0 Å². The van der Waals surface area contributed by atoms with Gasteiger partial charge in [-0.25, -0.2) is 0 Å². The molecule has 0 saturated carbocycles. The summed E-state index contributed by atoms with van der Waals surface area (Å²) in [5, 5.41) is 10.3. The molecule has 132 valence electrons. The van der Waals surface area contributed by atoms with Gasteiger partial charge in [-0.2, -0.15) is 13.2 Å². The van der Waals surface area contributed by atoms with Crippen molar-refractivity contribution in [3.63, 3.8) is 0 Å². The molecular weight excluding hydrogens is 337 g/mol. The summed E-state index contributed by atoms with van der Waals surface area (Å²) in [5.74, 6) is 0.948. The maximum atomic E-state index is 12.8. The number of carbonyl (C=O) groups excluding carboxylic acids is 1. The molecule has 1 amide bonds. The van der Waals surface area contributed by atoms with E-state index in [9.17, 15) is 18.0 Å². The van der Waals surface area contributed by atoms with E-state index in [2.05, 4.69) is 15.5 Å². The Kier molecular flexibility index (Phi) is 4.02. The first kappa shape index (κ1) is 17.0. The van der Waals surface area contributed by atoms with Crippen LogP contribution in [0.1, 0.15) is 38.8 Å². The molecule has 1 N–H and O–H groups in total. The number of carbonyl (C=O) groups is 1. The number of hydrogen-bond donors (Lipinski definition) is 1. The summed E-state index contributed by atoms with van der Waals surface area (Å²) < 4.78 is 45.2. The third-order valence-corrected chi connectivity index (χ3v) is 4.00. The van der Waals surface area contributed by atoms with Crippen LogP contribution in [-0.2, 0) is 12.7 Å². The number of alkyl halides is 3. The number of nitrogens with zero attached hydrogens (tertiary/aromatic N) is 3. The Morgan fingerprint density at radius 1 is 1.20 bits per heavy atom. The second kappa shape index (κ2) is 5.91. The molecule has 3 rings (SSSR count). The van der Waals surface area contributed by atoms with E-state index in [1.807, 2.05) is 0 Å². The number of fused-ring (bicyclic) bond motifs is 1. The van der Waals surface area contributed by atoms with Gasteiger partial charge in [-0.05, 0) is 32.9 Å². The largest absolute Gasteiger partial charge is 0.466 e. The average Bonchev–Trinajstić information content (AvgIpc) is 3.04. The molecule has 25 heavy (non-hydrogen) atoms. The molecule has 3 heterocycles. The van der Waals surface area contributed by atoms with Crippen molar-refractivity contribution >= 4 is 11.6 Å². The van der Waals surface area contributed by atoms with Gasteiger partial charge >= 0.3 is 6.18 Å². The van der Waals surface area contributed by atoms with Crippen LogP contribution in [0.5, 0.6) is 0 Å². The van der Waals surface area contributed by atoms with E-state index in [1.54, 1.807) is 20.8 Å². The Balaban J connectivity index is 1.85. The monoisotopic (exact) mass is 352 g/mol. The van der Waals surface area contributed by atoms with E-state index in [1.165, 1.54) is 10.5 Å². The van der Waals surface area contributed by atoms with Gasteiger partial charge in [-0.15, -0.1) is 10.2 Å². The van der Waals surface area contributed by atoms with Crippen LogP contribution in [0.4, 0.5) is 13.2 Å². The number of hydrogen-bond acceptors (Lipinski definition) is 4. The van der Waals surface area contributed by atoms with Gasteiger partial charge in [0.1, 0.15) is 11.5 Å². The fraction of sp³-hybridized carbons (Fsp3) is 0.312. The van der Waals surface area contributed by atoms with Crippen LogP contribution in [-0.4, -0.2) is 20.5 Å². The van der Waals surface area contributed by atoms with E-state index in [4.69, 9.17) is 4.42 Å². The van der Waals surface area contributed by atoms with Gasteiger partial charge in [0.2, 0.25) is 0 Å². The zero-order valence-corrected chi connectivity index (χ0v) is 13.7. The first-order valence-corrected chi connectivity index (χ1v) is 7.44. The third-order valence-electron chi connectivity index (χ3n) is 4.00. The van der Waals surface area contributed by atoms with E-state index < -0.39 is 11.7 Å². The highest BCUT2D eigenvalue weighted by Crippen LogP contribution is 2.29. The van der Waals surface area contributed by atoms with Crippen LogP contribution in [0.25, 0.3) is 5.65 Å². The molecule has 0 radical (unpaired) electrons. The standard InChI is InChI=1S/C16H15F3N4O2/c1-8-9(2)25-10(3)14(8)15(24)20-6-13-22-21-12-5-4-11(7-23(12)13)16(17,18)19/h4-5,7H,6H2,1-3H3,(H,20,24). The maximum absolute atomic E-state index is 12.8. The van der Waals surface area contributed by atoms with Crippen molar-refractivity contribution in [3.05, 3.63) is 52.4 Å². The highest BCUT2D eigenvalue weighted by molar-refractivity contribution is 5.96. The molecule has 0 atom stereocenters. The molecule has 0 saturated heterocycles. The number of halogens is 3. The minimum atomic E-state index is -4.47. The molecule has 0 spiro atoms. The van der Waals surface area contributed by atoms with Crippen LogP contribution in [0, 0.1) is 20.8 Å². The van der Waals surface area contributed by atoms with Crippen molar-refractivity contribution < 1.29 is 22.4 Å². The number of aromatic nitrogens is 3. The van der Waals surface area contributed by atoms with Crippen molar-refractivity contribution in [2.24, 2.45) is 0 Å². The summed E-state index contributed by atoms with van der Waals surface area (Å²) >= 11 is 0. The lowest BCUT2D eigenvalue weighted by Crippen LogP contribution is -2.25. The normalized spacial score (nSPS) is 11.9. The van der Waals surface area contributed by atoms with Gasteiger partial charge in [0.25, 0.3) is 5.91 Å². The van der Waals surface area contributed by atoms with Gasteiger partial charge < -0.3 is 9.73 Å². The number of furan rings is 1. The molecule has 0 unspecified atom stereocenters. The van der Waals surface area contributed by atoms with Crippen molar-refractivity contribution in [1.82, 2.24) is 19.9 Å². The van der Waals surface area contributed by atoms with Gasteiger partial charge in [0, 0.05) is 11.8 Å². The second-order valence-corrected chi connectivity index (χ2v) is 5.66. The van der Waals surface area contributed by atoms with Crippen molar-refractivity contribution in [3.8, 4) is 0 Å². The molecule has 0 aromatic carbocycles. The molecule has 3 aromatic heterocycles. The van der Waals surface area contributed by atoms with E-state index >= 15 is 0 Å². The number of nitrogens with one attached hydrogen (secondary N) is 1. The summed E-state index contributed by atoms with van der Waals surface area (Å²) in [7, 11) is 0. The minimum Gasteiger partial charge on any atom is -0.466 e. The number of amides is 1. The lowest BCUT2D eigenvalue weighted by molar-refractivity contribution is -0.137. The summed E-state index contributed by atoms with van der Waals surface area (Å²) in [6.45, 7) is 5.13. The first-order valence-electron chi connectivity index (χ1n) is 7.44. The molecule has 9 heteroatoms. The summed E-state index contributed by atoms with van der Waals surface area (Å²) in [5.41, 5.74) is 0.594. The number of aryl methyl sites for hydroxylation is 2. The fourth-order valence-electron chi connectivity index (χ4n) is 2.60. The third kappa shape index (κ3) is 3.09. The van der Waals surface area contributed by atoms with Crippen LogP contribution in [0.2, 0.25) is 0 Å². The van der Waals surface area contributed by atoms with Gasteiger partial charge in [-0.3, -0.25) is 9.20 Å². The first-order chi connectivity index (χ1) is 11.7. The average molecular weight is 352 g/mol. The van der Waals surface area contributed by atoms with Gasteiger partial charge in [-0.1, -0.05) is 0 Å². The van der Waals surface area contributed by atoms with Crippen LogP contribution in [0.15, 0.2) is 22.7 Å². The summed E-state index contributed by atoms with van der Waals surface area (Å²) in [6, 6.07) is 2.17. The lowest BCUT2D eigenvalue weighted by atomic mass is 10.1. The van der Waals surface area contributed by atoms with Crippen molar-refractivity contribution in [2.45, 2.75) is 33.5 Å². The molecule has 0 aliphatic rings. The number of rotatable bonds is 3. The highest BCUT2D eigenvalue weighted by atomic mass is 19.4. The molecule has 6 nitrogen and oxygen atoms in total. The molecule has 3 aromatic rings. The van der Waals surface area contributed by atoms with E-state index in [0.717, 1.165) is 17.8 Å². The van der Waals surface area contributed by atoms with Crippen molar-refractivity contribution in [1.29, 1.82) is 0 Å². The van der Waals surface area contributed by atoms with Gasteiger partial charge in [0.05, 0.1) is 17.7 Å². The predicted octanol–water partition coefficient (Wildman–Crippen LogP) is 3.20. The minimum absolute atomic E-state index is 0.0651. The fourth-order valence-corrected chi connectivity index (χ4v) is 2.60. The summed E-state index contributed by atoms with van der Waals surface area (Å²) in [4.78, 5) is 12.3. The Morgan fingerprint density at radius 2 is 1.92 bits per heavy atom. The summed E-state index contributed by atoms with van der Waals surface area (Å²) in [6.07, 6.45) is -3.56. The molecule has 0 bridgehead atoms. The smallest absolute Gasteiger partial charge is 0.417 e. The zero-order chi connectivity index (χ0) is 18.4. The van der Waals surface area contributed by atoms with E-state index in [0.29, 0.717) is 17.1 Å². The van der Waals surface area contributed by atoms with E-state index in [-0.39, 0.29) is 23.9 Å². The molecule has 0 aliphatic carbocycles. The predicted molar refractivity (Wildman–Crippen MR) is 82.1 cm³/mol. The quantitative estimate of drug-likeness (QED) is 0.786. The van der Waals surface area contributed by atoms with Gasteiger partial charge in [0.15, 0.2) is 11.5 Å². The topological polar surface area (TPSA) is 72.4 Å². The Labute approximate surface area is 140 Å². The van der Waals surface area contributed by atoms with Crippen LogP contribution >= 0.6 is 0 Å². The SMILES string of the molecule is Cc1oc(C)c(C(=O)NCc2nnc3ccc(C(F)(F)F)cn23)c1C.